The molecule has 2 atom stereocenters. The Morgan fingerprint density at radius 1 is 1.07 bits per heavy atom. The van der Waals surface area contributed by atoms with Crippen molar-refractivity contribution in [2.45, 2.75) is 25.2 Å². The van der Waals surface area contributed by atoms with Crippen LogP contribution < -0.4 is 4.74 Å². The lowest BCUT2D eigenvalue weighted by Crippen LogP contribution is -2.48. The molecule has 1 aliphatic rings. The van der Waals surface area contributed by atoms with Crippen LogP contribution >= 0.6 is 0 Å². The molecular weight excluding hydrogens is 380 g/mol. The number of hydrogen-bond acceptors (Lipinski definition) is 7. The SMILES string of the molecule is O[C@@H]1CN(Cc2cc(-c3ccccn3)no2)CC[C@H]1Oc1ccc2ccncc2c1. The first kappa shape index (κ1) is 18.7. The highest BCUT2D eigenvalue weighted by atomic mass is 16.5. The first-order valence-electron chi connectivity index (χ1n) is 10.0. The highest BCUT2D eigenvalue weighted by Gasteiger charge is 2.30. The summed E-state index contributed by atoms with van der Waals surface area (Å²) in [5, 5.41) is 16.9. The van der Waals surface area contributed by atoms with E-state index in [1.54, 1.807) is 12.4 Å². The van der Waals surface area contributed by atoms with Crippen molar-refractivity contribution in [1.82, 2.24) is 20.0 Å². The lowest BCUT2D eigenvalue weighted by atomic mass is 10.0. The quantitative estimate of drug-likeness (QED) is 0.548. The smallest absolute Gasteiger partial charge is 0.151 e. The fourth-order valence-electron chi connectivity index (χ4n) is 3.81. The van der Waals surface area contributed by atoms with Crippen LogP contribution in [0, 0.1) is 0 Å². The number of nitrogens with zero attached hydrogens (tertiary/aromatic N) is 4. The van der Waals surface area contributed by atoms with E-state index in [4.69, 9.17) is 9.26 Å². The number of ether oxygens (including phenoxy) is 1. The third-order valence-electron chi connectivity index (χ3n) is 5.37. The highest BCUT2D eigenvalue weighted by molar-refractivity contribution is 5.82. The van der Waals surface area contributed by atoms with E-state index in [9.17, 15) is 5.11 Å². The van der Waals surface area contributed by atoms with Crippen molar-refractivity contribution in [2.75, 3.05) is 13.1 Å². The van der Waals surface area contributed by atoms with Gasteiger partial charge in [-0.15, -0.1) is 0 Å². The van der Waals surface area contributed by atoms with Crippen molar-refractivity contribution in [3.8, 4) is 17.1 Å². The molecule has 3 aromatic heterocycles. The van der Waals surface area contributed by atoms with Crippen molar-refractivity contribution in [3.05, 3.63) is 72.9 Å². The number of benzene rings is 1. The molecule has 0 saturated carbocycles. The molecule has 7 nitrogen and oxygen atoms in total. The number of piperidine rings is 1. The van der Waals surface area contributed by atoms with Crippen molar-refractivity contribution in [1.29, 1.82) is 0 Å². The van der Waals surface area contributed by atoms with Crippen LogP contribution in [0.5, 0.6) is 5.75 Å². The lowest BCUT2D eigenvalue weighted by Gasteiger charge is -2.35. The summed E-state index contributed by atoms with van der Waals surface area (Å²) >= 11 is 0. The molecule has 0 aliphatic carbocycles. The fourth-order valence-corrected chi connectivity index (χ4v) is 3.81. The molecule has 1 saturated heterocycles. The molecule has 0 bridgehead atoms. The number of hydrogen-bond donors (Lipinski definition) is 1. The molecule has 1 N–H and O–H groups in total. The number of aliphatic hydroxyl groups is 1. The molecule has 152 valence electrons. The van der Waals surface area contributed by atoms with E-state index in [2.05, 4.69) is 20.0 Å². The summed E-state index contributed by atoms with van der Waals surface area (Å²) in [4.78, 5) is 10.6. The molecule has 0 amide bonds. The Labute approximate surface area is 173 Å². The summed E-state index contributed by atoms with van der Waals surface area (Å²) in [5.41, 5.74) is 1.50. The van der Waals surface area contributed by atoms with Crippen LogP contribution in [0.3, 0.4) is 0 Å². The van der Waals surface area contributed by atoms with Gasteiger partial charge >= 0.3 is 0 Å². The molecule has 7 heteroatoms. The highest BCUT2D eigenvalue weighted by Crippen LogP contribution is 2.25. The molecule has 1 aliphatic heterocycles. The van der Waals surface area contributed by atoms with Crippen molar-refractivity contribution in [2.24, 2.45) is 0 Å². The maximum Gasteiger partial charge on any atom is 0.151 e. The van der Waals surface area contributed by atoms with E-state index in [0.29, 0.717) is 13.1 Å². The first-order chi connectivity index (χ1) is 14.7. The third-order valence-corrected chi connectivity index (χ3v) is 5.37. The Kier molecular flexibility index (Phi) is 5.13. The molecule has 0 spiro atoms. The van der Waals surface area contributed by atoms with Gasteiger partial charge in [0.1, 0.15) is 23.7 Å². The van der Waals surface area contributed by atoms with E-state index in [-0.39, 0.29) is 6.10 Å². The zero-order valence-corrected chi connectivity index (χ0v) is 16.4. The van der Waals surface area contributed by atoms with Crippen molar-refractivity contribution in [3.63, 3.8) is 0 Å². The molecule has 0 unspecified atom stereocenters. The fraction of sp³-hybridized carbons (Fsp3) is 0.261. The van der Waals surface area contributed by atoms with Gasteiger partial charge in [-0.05, 0) is 42.1 Å². The average molecular weight is 402 g/mol. The zero-order chi connectivity index (χ0) is 20.3. The third kappa shape index (κ3) is 4.03. The second-order valence-electron chi connectivity index (χ2n) is 7.53. The Bertz CT molecular complexity index is 1130. The van der Waals surface area contributed by atoms with Gasteiger partial charge in [-0.2, -0.15) is 0 Å². The Hall–Kier alpha value is -3.29. The number of pyridine rings is 2. The van der Waals surface area contributed by atoms with Gasteiger partial charge in [-0.1, -0.05) is 17.3 Å². The Morgan fingerprint density at radius 3 is 2.90 bits per heavy atom. The number of likely N-dealkylation sites (tertiary alicyclic amines) is 1. The van der Waals surface area contributed by atoms with Crippen LogP contribution in [0.25, 0.3) is 22.2 Å². The zero-order valence-electron chi connectivity index (χ0n) is 16.4. The van der Waals surface area contributed by atoms with Gasteiger partial charge in [0.05, 0.1) is 12.2 Å². The van der Waals surface area contributed by atoms with Gasteiger partial charge in [0.2, 0.25) is 0 Å². The van der Waals surface area contributed by atoms with Gasteiger partial charge < -0.3 is 14.4 Å². The monoisotopic (exact) mass is 402 g/mol. The minimum absolute atomic E-state index is 0.242. The van der Waals surface area contributed by atoms with Gasteiger partial charge in [0.15, 0.2) is 5.76 Å². The summed E-state index contributed by atoms with van der Waals surface area (Å²) in [6.45, 7) is 1.90. The van der Waals surface area contributed by atoms with E-state index in [1.165, 1.54) is 0 Å². The molecule has 1 aromatic carbocycles. The minimum atomic E-state index is -0.582. The topological polar surface area (TPSA) is 84.5 Å². The number of β-amino-alcohol motifs (C(OH)–C–C–N with tert-alkyl or cyclic N) is 1. The first-order valence-corrected chi connectivity index (χ1v) is 10.0. The summed E-state index contributed by atoms with van der Waals surface area (Å²) in [5.74, 6) is 1.51. The van der Waals surface area contributed by atoms with Crippen molar-refractivity contribution >= 4 is 10.8 Å². The van der Waals surface area contributed by atoms with Gasteiger partial charge in [-0.25, -0.2) is 0 Å². The largest absolute Gasteiger partial charge is 0.488 e. The van der Waals surface area contributed by atoms with Crippen LogP contribution in [-0.2, 0) is 6.54 Å². The standard InChI is InChI=1S/C23H22N4O3/c28-22-15-27(14-19-12-21(26-30-19)20-3-1-2-8-25-20)10-7-23(22)29-18-5-4-16-6-9-24-13-17(16)11-18/h1-6,8-9,11-13,22-23,28H,7,10,14-15H2/t22-,23-/m1/s1. The van der Waals surface area contributed by atoms with Crippen LogP contribution in [0.4, 0.5) is 0 Å². The number of rotatable bonds is 5. The van der Waals surface area contributed by atoms with E-state index >= 15 is 0 Å². The minimum Gasteiger partial charge on any atom is -0.488 e. The summed E-state index contributed by atoms with van der Waals surface area (Å²) in [6.07, 6.45) is 5.23. The summed E-state index contributed by atoms with van der Waals surface area (Å²) < 4.78 is 11.6. The van der Waals surface area contributed by atoms with Crippen LogP contribution in [0.1, 0.15) is 12.2 Å². The Morgan fingerprint density at radius 2 is 2.03 bits per heavy atom. The normalized spacial score (nSPS) is 19.8. The summed E-state index contributed by atoms with van der Waals surface area (Å²) in [6, 6.07) is 15.5. The lowest BCUT2D eigenvalue weighted by molar-refractivity contribution is -0.0292. The molecule has 4 aromatic rings. The molecule has 4 heterocycles. The molecular formula is C23H22N4O3. The predicted octanol–water partition coefficient (Wildman–Crippen LogP) is 3.30. The predicted molar refractivity (Wildman–Crippen MR) is 112 cm³/mol. The second-order valence-corrected chi connectivity index (χ2v) is 7.53. The van der Waals surface area contributed by atoms with Crippen LogP contribution in [0.2, 0.25) is 0 Å². The molecule has 30 heavy (non-hydrogen) atoms. The molecule has 5 rings (SSSR count). The number of fused-ring (bicyclic) bond motifs is 1. The second kappa shape index (κ2) is 8.22. The molecule has 0 radical (unpaired) electrons. The number of aromatic nitrogens is 3. The van der Waals surface area contributed by atoms with Crippen LogP contribution in [0.15, 0.2) is 71.6 Å². The van der Waals surface area contributed by atoms with Gasteiger partial charge in [0.25, 0.3) is 0 Å². The maximum atomic E-state index is 10.6. The van der Waals surface area contributed by atoms with E-state index < -0.39 is 6.10 Å². The van der Waals surface area contributed by atoms with Gasteiger partial charge in [-0.3, -0.25) is 14.9 Å². The van der Waals surface area contributed by atoms with Crippen molar-refractivity contribution < 1.29 is 14.4 Å². The van der Waals surface area contributed by atoms with E-state index in [1.807, 2.05) is 54.7 Å². The van der Waals surface area contributed by atoms with E-state index in [0.717, 1.165) is 46.6 Å². The average Bonchev–Trinajstić information content (AvgIpc) is 3.25. The molecule has 1 fully saturated rings. The van der Waals surface area contributed by atoms with Gasteiger partial charge in [0, 0.05) is 43.1 Å². The summed E-state index contributed by atoms with van der Waals surface area (Å²) in [7, 11) is 0. The van der Waals surface area contributed by atoms with Crippen LogP contribution in [-0.4, -0.2) is 50.4 Å². The maximum absolute atomic E-state index is 10.6. The number of aliphatic hydroxyl groups excluding tert-OH is 1. The Balaban J connectivity index is 1.20.